The van der Waals surface area contributed by atoms with Gasteiger partial charge in [0.05, 0.1) is 12.6 Å². The monoisotopic (exact) mass is 290 g/mol. The van der Waals surface area contributed by atoms with Gasteiger partial charge >= 0.3 is 0 Å². The molecule has 2 rings (SSSR count). The van der Waals surface area contributed by atoms with E-state index in [1.807, 2.05) is 39.8 Å². The Morgan fingerprint density at radius 1 is 1.24 bits per heavy atom. The number of ether oxygens (including phenoxy) is 1. The molecule has 1 heterocycles. The minimum absolute atomic E-state index is 0.145. The Morgan fingerprint density at radius 2 is 1.81 bits per heavy atom. The Labute approximate surface area is 127 Å². The van der Waals surface area contributed by atoms with E-state index in [0.29, 0.717) is 6.54 Å². The van der Waals surface area contributed by atoms with Crippen molar-refractivity contribution in [3.05, 3.63) is 28.8 Å². The van der Waals surface area contributed by atoms with Crippen molar-refractivity contribution in [1.82, 2.24) is 10.2 Å². The number of ketones is 1. The molecule has 0 amide bonds. The Balaban J connectivity index is 2.12. The average molecular weight is 290 g/mol. The van der Waals surface area contributed by atoms with E-state index in [2.05, 4.69) is 10.2 Å². The maximum atomic E-state index is 12.6. The van der Waals surface area contributed by atoms with E-state index < -0.39 is 0 Å². The zero-order chi connectivity index (χ0) is 15.4. The van der Waals surface area contributed by atoms with Crippen LogP contribution in [0.3, 0.4) is 0 Å². The van der Waals surface area contributed by atoms with Crippen LogP contribution in [0.2, 0.25) is 0 Å². The maximum absolute atomic E-state index is 12.6. The third-order valence-electron chi connectivity index (χ3n) is 3.73. The second-order valence-electron chi connectivity index (χ2n) is 6.05. The summed E-state index contributed by atoms with van der Waals surface area (Å²) in [5, 5.41) is 3.31. The fourth-order valence-corrected chi connectivity index (χ4v) is 2.86. The number of aryl methyl sites for hydroxylation is 2. The van der Waals surface area contributed by atoms with Crippen LogP contribution in [0, 0.1) is 13.8 Å². The van der Waals surface area contributed by atoms with Crippen LogP contribution in [0.1, 0.15) is 35.3 Å². The third kappa shape index (κ3) is 4.29. The summed E-state index contributed by atoms with van der Waals surface area (Å²) in [6, 6.07) is 3.94. The van der Waals surface area contributed by atoms with Crippen LogP contribution >= 0.6 is 0 Å². The lowest BCUT2D eigenvalue weighted by Gasteiger charge is -2.27. The van der Waals surface area contributed by atoms with Crippen LogP contribution in [-0.4, -0.2) is 49.5 Å². The molecule has 4 heteroatoms. The largest absolute Gasteiger partial charge is 0.491 e. The zero-order valence-corrected chi connectivity index (χ0v) is 13.5. The van der Waals surface area contributed by atoms with E-state index in [9.17, 15) is 4.79 Å². The van der Waals surface area contributed by atoms with Crippen molar-refractivity contribution in [1.29, 1.82) is 0 Å². The summed E-state index contributed by atoms with van der Waals surface area (Å²) < 4.78 is 5.73. The summed E-state index contributed by atoms with van der Waals surface area (Å²) in [5.41, 5.74) is 2.86. The van der Waals surface area contributed by atoms with Gasteiger partial charge in [-0.3, -0.25) is 9.69 Å². The number of nitrogens with zero attached hydrogens (tertiary/aromatic N) is 1. The van der Waals surface area contributed by atoms with E-state index in [4.69, 9.17) is 4.74 Å². The van der Waals surface area contributed by atoms with Crippen molar-refractivity contribution in [2.75, 3.05) is 32.7 Å². The number of hydrogen-bond acceptors (Lipinski definition) is 4. The molecule has 1 aromatic rings. The number of carbonyl (C=O) groups excluding carboxylic acids is 1. The van der Waals surface area contributed by atoms with Gasteiger partial charge in [-0.05, 0) is 51.0 Å². The minimum atomic E-state index is 0.145. The van der Waals surface area contributed by atoms with E-state index in [0.717, 1.165) is 48.6 Å². The van der Waals surface area contributed by atoms with Gasteiger partial charge in [0, 0.05) is 31.7 Å². The van der Waals surface area contributed by atoms with Gasteiger partial charge in [-0.25, -0.2) is 0 Å². The highest BCUT2D eigenvalue weighted by Gasteiger charge is 2.18. The van der Waals surface area contributed by atoms with Gasteiger partial charge in [0.15, 0.2) is 5.78 Å². The van der Waals surface area contributed by atoms with Crippen molar-refractivity contribution < 1.29 is 9.53 Å². The molecule has 116 valence electrons. The summed E-state index contributed by atoms with van der Waals surface area (Å²) in [4.78, 5) is 14.8. The lowest BCUT2D eigenvalue weighted by atomic mass is 9.98. The number of rotatable bonds is 5. The van der Waals surface area contributed by atoms with Crippen LogP contribution in [-0.2, 0) is 0 Å². The SMILES string of the molecule is Cc1cc(OC(C)C)cc(C)c1C(=O)CN1CCNCC1. The van der Waals surface area contributed by atoms with Crippen molar-refractivity contribution in [3.63, 3.8) is 0 Å². The molecule has 1 saturated heterocycles. The smallest absolute Gasteiger partial charge is 0.177 e. The molecule has 1 aliphatic rings. The molecule has 1 aromatic carbocycles. The van der Waals surface area contributed by atoms with Gasteiger partial charge in [0.2, 0.25) is 0 Å². The first-order chi connectivity index (χ1) is 9.97. The predicted octanol–water partition coefficient (Wildman–Crippen LogP) is 2.18. The molecule has 1 aliphatic heterocycles. The zero-order valence-electron chi connectivity index (χ0n) is 13.5. The molecule has 0 aliphatic carbocycles. The van der Waals surface area contributed by atoms with E-state index in [-0.39, 0.29) is 11.9 Å². The van der Waals surface area contributed by atoms with Gasteiger partial charge in [0.1, 0.15) is 5.75 Å². The highest BCUT2D eigenvalue weighted by molar-refractivity contribution is 6.00. The van der Waals surface area contributed by atoms with Gasteiger partial charge in [-0.1, -0.05) is 0 Å². The summed E-state index contributed by atoms with van der Waals surface area (Å²) in [6.45, 7) is 12.3. The molecule has 0 radical (unpaired) electrons. The first-order valence-electron chi connectivity index (χ1n) is 7.71. The molecule has 0 atom stereocenters. The minimum Gasteiger partial charge on any atom is -0.491 e. The van der Waals surface area contributed by atoms with Gasteiger partial charge in [-0.2, -0.15) is 0 Å². The average Bonchev–Trinajstić information content (AvgIpc) is 2.38. The summed E-state index contributed by atoms with van der Waals surface area (Å²) >= 11 is 0. The normalized spacial score (nSPS) is 16.2. The summed E-state index contributed by atoms with van der Waals surface area (Å²) in [5.74, 6) is 1.06. The third-order valence-corrected chi connectivity index (χ3v) is 3.73. The quantitative estimate of drug-likeness (QED) is 0.844. The first-order valence-corrected chi connectivity index (χ1v) is 7.71. The first kappa shape index (κ1) is 16.0. The number of nitrogens with one attached hydrogen (secondary N) is 1. The lowest BCUT2D eigenvalue weighted by molar-refractivity contribution is 0.0920. The van der Waals surface area contributed by atoms with E-state index in [1.165, 1.54) is 0 Å². The lowest BCUT2D eigenvalue weighted by Crippen LogP contribution is -2.45. The molecular formula is C17H26N2O2. The van der Waals surface area contributed by atoms with E-state index in [1.54, 1.807) is 0 Å². The molecule has 0 aromatic heterocycles. The highest BCUT2D eigenvalue weighted by Crippen LogP contribution is 2.23. The van der Waals surface area contributed by atoms with Gasteiger partial charge in [0.25, 0.3) is 0 Å². The number of carbonyl (C=O) groups is 1. The van der Waals surface area contributed by atoms with Crippen LogP contribution in [0.5, 0.6) is 5.75 Å². The maximum Gasteiger partial charge on any atom is 0.177 e. The summed E-state index contributed by atoms with van der Waals surface area (Å²) in [7, 11) is 0. The number of benzene rings is 1. The van der Waals surface area contributed by atoms with Gasteiger partial charge in [-0.15, -0.1) is 0 Å². The van der Waals surface area contributed by atoms with Crippen molar-refractivity contribution in [2.45, 2.75) is 33.8 Å². The second-order valence-corrected chi connectivity index (χ2v) is 6.05. The Bertz CT molecular complexity index is 483. The topological polar surface area (TPSA) is 41.6 Å². The number of Topliss-reactive ketones (excluding diaryl/α,β-unsaturated/α-hetero) is 1. The fourth-order valence-electron chi connectivity index (χ4n) is 2.86. The Hall–Kier alpha value is -1.39. The molecule has 1 fully saturated rings. The van der Waals surface area contributed by atoms with Crippen LogP contribution in [0.25, 0.3) is 0 Å². The summed E-state index contributed by atoms with van der Waals surface area (Å²) in [6.07, 6.45) is 0.145. The fraction of sp³-hybridized carbons (Fsp3) is 0.588. The van der Waals surface area contributed by atoms with Crippen LogP contribution < -0.4 is 10.1 Å². The number of hydrogen-bond donors (Lipinski definition) is 1. The molecule has 21 heavy (non-hydrogen) atoms. The van der Waals surface area contributed by atoms with Crippen molar-refractivity contribution in [2.24, 2.45) is 0 Å². The van der Waals surface area contributed by atoms with Gasteiger partial charge < -0.3 is 10.1 Å². The van der Waals surface area contributed by atoms with Crippen molar-refractivity contribution in [3.8, 4) is 5.75 Å². The standard InChI is InChI=1S/C17H26N2O2/c1-12(2)21-15-9-13(3)17(14(4)10-15)16(20)11-19-7-5-18-6-8-19/h9-10,12,18H,5-8,11H2,1-4H3. The Kier molecular flexibility index (Phi) is 5.37. The number of piperazine rings is 1. The predicted molar refractivity (Wildman–Crippen MR) is 85.3 cm³/mol. The highest BCUT2D eigenvalue weighted by atomic mass is 16.5. The van der Waals surface area contributed by atoms with Crippen LogP contribution in [0.15, 0.2) is 12.1 Å². The molecule has 0 spiro atoms. The van der Waals surface area contributed by atoms with Crippen molar-refractivity contribution >= 4 is 5.78 Å². The van der Waals surface area contributed by atoms with E-state index >= 15 is 0 Å². The van der Waals surface area contributed by atoms with Crippen LogP contribution in [0.4, 0.5) is 0 Å². The second kappa shape index (κ2) is 7.05. The molecule has 4 nitrogen and oxygen atoms in total. The molecule has 0 bridgehead atoms. The molecule has 0 saturated carbocycles. The Morgan fingerprint density at radius 3 is 2.33 bits per heavy atom. The molecular weight excluding hydrogens is 264 g/mol. The molecule has 1 N–H and O–H groups in total. The molecule has 0 unspecified atom stereocenters.